The van der Waals surface area contributed by atoms with Crippen LogP contribution >= 0.6 is 0 Å². The van der Waals surface area contributed by atoms with Crippen molar-refractivity contribution in [2.75, 3.05) is 0 Å². The van der Waals surface area contributed by atoms with E-state index in [1.807, 2.05) is 57.2 Å². The maximum absolute atomic E-state index is 11.5. The fourth-order valence-electron chi connectivity index (χ4n) is 0.919. The zero-order valence-corrected chi connectivity index (χ0v) is 8.86. The molecule has 1 rings (SSSR count). The number of ether oxygens (including phenoxy) is 1. The molecule has 1 aliphatic rings. The molecule has 0 aliphatic heterocycles. The molecule has 0 spiro atoms. The van der Waals surface area contributed by atoms with E-state index >= 15 is 0 Å². The Kier molecular flexibility index (Phi) is 3.28. The Balaban J connectivity index is 2.57. The molecule has 14 heavy (non-hydrogen) atoms. The maximum Gasteiger partial charge on any atom is 0.312 e. The normalized spacial score (nSPS) is 16.8. The van der Waals surface area contributed by atoms with E-state index in [9.17, 15) is 4.79 Å². The number of hydrogen-bond donors (Lipinski definition) is 0. The van der Waals surface area contributed by atoms with Gasteiger partial charge in [0.05, 0.1) is 5.41 Å². The van der Waals surface area contributed by atoms with Crippen molar-refractivity contribution in [1.29, 1.82) is 0 Å². The van der Waals surface area contributed by atoms with Crippen LogP contribution in [0.5, 0.6) is 0 Å². The van der Waals surface area contributed by atoms with Crippen LogP contribution < -0.4 is 0 Å². The quantitative estimate of drug-likeness (QED) is 0.597. The summed E-state index contributed by atoms with van der Waals surface area (Å²) in [6.07, 6.45) is 11.0. The van der Waals surface area contributed by atoms with E-state index in [4.69, 9.17) is 4.74 Å². The van der Waals surface area contributed by atoms with Gasteiger partial charge in [-0.3, -0.25) is 4.79 Å². The molecule has 0 fully saturated rings. The van der Waals surface area contributed by atoms with Gasteiger partial charge < -0.3 is 4.74 Å². The number of hydrogen-bond acceptors (Lipinski definition) is 2. The second-order valence-electron chi connectivity index (χ2n) is 4.27. The molecule has 0 unspecified atom stereocenters. The largest absolute Gasteiger partial charge is 0.453 e. The lowest BCUT2D eigenvalue weighted by atomic mass is 9.97. The predicted octanol–water partition coefficient (Wildman–Crippen LogP) is 2.63. The molecule has 0 saturated carbocycles. The first-order valence-corrected chi connectivity index (χ1v) is 4.73. The molecule has 0 N–H and O–H groups in total. The third kappa shape index (κ3) is 3.21. The van der Waals surface area contributed by atoms with Crippen LogP contribution in [-0.2, 0) is 9.53 Å². The third-order valence-electron chi connectivity index (χ3n) is 1.79. The van der Waals surface area contributed by atoms with Crippen molar-refractivity contribution in [3.8, 4) is 0 Å². The monoisotopic (exact) mass is 192 g/mol. The fourth-order valence-corrected chi connectivity index (χ4v) is 0.919. The van der Waals surface area contributed by atoms with E-state index < -0.39 is 5.41 Å². The molecule has 0 bridgehead atoms. The summed E-state index contributed by atoms with van der Waals surface area (Å²) in [5, 5.41) is 0. The summed E-state index contributed by atoms with van der Waals surface area (Å²) in [6, 6.07) is 0. The van der Waals surface area contributed by atoms with Crippen molar-refractivity contribution in [2.24, 2.45) is 5.41 Å². The lowest BCUT2D eigenvalue weighted by molar-refractivity contribution is -0.154. The smallest absolute Gasteiger partial charge is 0.312 e. The average Bonchev–Trinajstić information content (AvgIpc) is 2.31. The van der Waals surface area contributed by atoms with Crippen LogP contribution in [-0.4, -0.2) is 12.1 Å². The molecule has 0 saturated heterocycles. The van der Waals surface area contributed by atoms with Gasteiger partial charge in [0.25, 0.3) is 0 Å². The van der Waals surface area contributed by atoms with Crippen LogP contribution in [0, 0.1) is 5.41 Å². The fraction of sp³-hybridized carbons (Fsp3) is 0.417. The summed E-state index contributed by atoms with van der Waals surface area (Å²) in [7, 11) is 0. The van der Waals surface area contributed by atoms with Crippen molar-refractivity contribution < 1.29 is 9.53 Å². The molecular weight excluding hydrogens is 176 g/mol. The molecule has 1 aliphatic carbocycles. The van der Waals surface area contributed by atoms with Crippen LogP contribution in [0.4, 0.5) is 0 Å². The first-order valence-electron chi connectivity index (χ1n) is 4.73. The van der Waals surface area contributed by atoms with E-state index in [-0.39, 0.29) is 12.1 Å². The van der Waals surface area contributed by atoms with Crippen LogP contribution in [0.2, 0.25) is 0 Å². The average molecular weight is 192 g/mol. The van der Waals surface area contributed by atoms with Gasteiger partial charge in [-0.2, -0.15) is 0 Å². The van der Waals surface area contributed by atoms with Crippen molar-refractivity contribution in [2.45, 2.75) is 26.9 Å². The SMILES string of the molecule is CC(C)(C)C(=O)OC1C=CC=CC=C1. The molecule has 0 aromatic heterocycles. The van der Waals surface area contributed by atoms with Crippen LogP contribution in [0.1, 0.15) is 20.8 Å². The Morgan fingerprint density at radius 2 is 1.57 bits per heavy atom. The summed E-state index contributed by atoms with van der Waals surface area (Å²) >= 11 is 0. The van der Waals surface area contributed by atoms with Crippen molar-refractivity contribution >= 4 is 5.97 Å². The van der Waals surface area contributed by atoms with Gasteiger partial charge in [-0.15, -0.1) is 0 Å². The lowest BCUT2D eigenvalue weighted by Gasteiger charge is -2.19. The Morgan fingerprint density at radius 3 is 2.00 bits per heavy atom. The molecule has 0 aromatic rings. The highest BCUT2D eigenvalue weighted by Crippen LogP contribution is 2.17. The third-order valence-corrected chi connectivity index (χ3v) is 1.79. The zero-order valence-electron chi connectivity index (χ0n) is 8.86. The Bertz CT molecular complexity index is 274. The number of allylic oxidation sites excluding steroid dienone is 4. The van der Waals surface area contributed by atoms with E-state index in [1.165, 1.54) is 0 Å². The minimum absolute atomic E-state index is 0.182. The zero-order chi connectivity index (χ0) is 10.6. The topological polar surface area (TPSA) is 26.3 Å². The summed E-state index contributed by atoms with van der Waals surface area (Å²) < 4.78 is 5.28. The number of carbonyl (C=O) groups is 1. The van der Waals surface area contributed by atoms with Gasteiger partial charge in [0.2, 0.25) is 0 Å². The molecule has 0 radical (unpaired) electrons. The Morgan fingerprint density at radius 1 is 1.07 bits per heavy atom. The predicted molar refractivity (Wildman–Crippen MR) is 56.8 cm³/mol. The molecular formula is C12H16O2. The van der Waals surface area contributed by atoms with E-state index in [0.29, 0.717) is 0 Å². The highest BCUT2D eigenvalue weighted by atomic mass is 16.5. The number of carbonyl (C=O) groups excluding carboxylic acids is 1. The lowest BCUT2D eigenvalue weighted by Crippen LogP contribution is -2.26. The van der Waals surface area contributed by atoms with E-state index in [0.717, 1.165) is 0 Å². The van der Waals surface area contributed by atoms with Crippen molar-refractivity contribution in [3.05, 3.63) is 36.5 Å². The summed E-state index contributed by atoms with van der Waals surface area (Å²) in [6.45, 7) is 5.53. The Labute approximate surface area is 85.0 Å². The van der Waals surface area contributed by atoms with Gasteiger partial charge >= 0.3 is 5.97 Å². The van der Waals surface area contributed by atoms with Crippen molar-refractivity contribution in [1.82, 2.24) is 0 Å². The maximum atomic E-state index is 11.5. The minimum atomic E-state index is -0.443. The first-order chi connectivity index (χ1) is 6.50. The van der Waals surface area contributed by atoms with Crippen LogP contribution in [0.15, 0.2) is 36.5 Å². The molecule has 76 valence electrons. The minimum Gasteiger partial charge on any atom is -0.453 e. The summed E-state index contributed by atoms with van der Waals surface area (Å²) in [4.78, 5) is 11.5. The molecule has 0 aromatic carbocycles. The highest BCUT2D eigenvalue weighted by molar-refractivity contribution is 5.75. The van der Waals surface area contributed by atoms with E-state index in [2.05, 4.69) is 0 Å². The summed E-state index contributed by atoms with van der Waals surface area (Å²) in [5.74, 6) is -0.182. The van der Waals surface area contributed by atoms with Crippen molar-refractivity contribution in [3.63, 3.8) is 0 Å². The van der Waals surface area contributed by atoms with Crippen LogP contribution in [0.3, 0.4) is 0 Å². The van der Waals surface area contributed by atoms with Crippen LogP contribution in [0.25, 0.3) is 0 Å². The highest BCUT2D eigenvalue weighted by Gasteiger charge is 2.24. The second kappa shape index (κ2) is 4.27. The Hall–Kier alpha value is -1.31. The first kappa shape index (κ1) is 10.8. The van der Waals surface area contributed by atoms with Gasteiger partial charge in [0, 0.05) is 0 Å². The van der Waals surface area contributed by atoms with Gasteiger partial charge in [-0.25, -0.2) is 0 Å². The standard InChI is InChI=1S/C12H16O2/c1-12(2,3)11(13)14-10-8-6-4-5-7-9-10/h4-10H,1-3H3. The summed E-state index contributed by atoms with van der Waals surface area (Å²) in [5.41, 5.74) is -0.443. The molecule has 2 heteroatoms. The molecule has 0 amide bonds. The number of esters is 1. The van der Waals surface area contributed by atoms with Gasteiger partial charge in [0.1, 0.15) is 6.10 Å². The van der Waals surface area contributed by atoms with E-state index in [1.54, 1.807) is 0 Å². The second-order valence-corrected chi connectivity index (χ2v) is 4.27. The van der Waals surface area contributed by atoms with Gasteiger partial charge in [-0.05, 0) is 32.9 Å². The molecule has 0 atom stereocenters. The van der Waals surface area contributed by atoms with Gasteiger partial charge in [0.15, 0.2) is 0 Å². The molecule has 2 nitrogen and oxygen atoms in total. The molecule has 0 heterocycles. The van der Waals surface area contributed by atoms with Gasteiger partial charge in [-0.1, -0.05) is 24.3 Å². The number of rotatable bonds is 1.